The molecule has 1 amide bonds. The highest BCUT2D eigenvalue weighted by Gasteiger charge is 2.31. The second-order valence-electron chi connectivity index (χ2n) is 5.07. The third-order valence-corrected chi connectivity index (χ3v) is 4.69. The molecular formula is C17H19NO6S. The molecule has 1 aliphatic heterocycles. The standard InChI is InChI=1S/C10H11NO3.C7H8O3S/c12-7-9-6-11(10(13)14-9)8-4-2-1-3-5-8;1-10-11(8,9)7-5-3-2-4-6-7/h1-5,9,12H,6-7H2;2-6H,1H3/t9-;/m1./s1. The summed E-state index contributed by atoms with van der Waals surface area (Å²) in [4.78, 5) is 13.0. The van der Waals surface area contributed by atoms with Crippen molar-refractivity contribution in [1.82, 2.24) is 0 Å². The lowest BCUT2D eigenvalue weighted by atomic mass is 10.3. The minimum Gasteiger partial charge on any atom is -0.441 e. The van der Waals surface area contributed by atoms with Gasteiger partial charge in [0.25, 0.3) is 10.1 Å². The van der Waals surface area contributed by atoms with Crippen molar-refractivity contribution >= 4 is 21.9 Å². The maximum absolute atomic E-state index is 11.3. The minimum absolute atomic E-state index is 0.130. The van der Waals surface area contributed by atoms with Gasteiger partial charge >= 0.3 is 6.09 Å². The second kappa shape index (κ2) is 8.61. The number of hydrogen-bond acceptors (Lipinski definition) is 6. The molecule has 0 spiro atoms. The fraction of sp³-hybridized carbons (Fsp3) is 0.235. The van der Waals surface area contributed by atoms with Crippen molar-refractivity contribution < 1.29 is 27.2 Å². The van der Waals surface area contributed by atoms with Gasteiger partial charge in [0.05, 0.1) is 25.2 Å². The Kier molecular flexibility index (Phi) is 6.51. The fourth-order valence-corrected chi connectivity index (χ4v) is 2.80. The summed E-state index contributed by atoms with van der Waals surface area (Å²) in [6.07, 6.45) is -0.794. The van der Waals surface area contributed by atoms with E-state index >= 15 is 0 Å². The molecule has 1 saturated heterocycles. The fourth-order valence-electron chi connectivity index (χ4n) is 2.12. The van der Waals surface area contributed by atoms with Crippen LogP contribution in [0.2, 0.25) is 0 Å². The SMILES string of the molecule is COS(=O)(=O)c1ccccc1.O=C1O[C@@H](CO)CN1c1ccccc1. The number of amides is 1. The number of rotatable bonds is 4. The molecule has 3 rings (SSSR count). The molecule has 0 bridgehead atoms. The van der Waals surface area contributed by atoms with Gasteiger partial charge in [-0.25, -0.2) is 4.79 Å². The van der Waals surface area contributed by atoms with Crippen molar-refractivity contribution in [3.63, 3.8) is 0 Å². The molecular weight excluding hydrogens is 346 g/mol. The van der Waals surface area contributed by atoms with E-state index in [0.29, 0.717) is 6.54 Å². The quantitative estimate of drug-likeness (QED) is 0.834. The summed E-state index contributed by atoms with van der Waals surface area (Å²) in [5, 5.41) is 8.84. The predicted octanol–water partition coefficient (Wildman–Crippen LogP) is 2.03. The lowest BCUT2D eigenvalue weighted by Crippen LogP contribution is -2.25. The Balaban J connectivity index is 0.000000186. The Morgan fingerprint density at radius 2 is 1.68 bits per heavy atom. The normalized spacial score (nSPS) is 16.8. The highest BCUT2D eigenvalue weighted by Crippen LogP contribution is 2.20. The van der Waals surface area contributed by atoms with E-state index in [0.717, 1.165) is 12.8 Å². The molecule has 0 unspecified atom stereocenters. The van der Waals surface area contributed by atoms with Crippen LogP contribution < -0.4 is 4.90 Å². The van der Waals surface area contributed by atoms with Crippen LogP contribution in [0.1, 0.15) is 0 Å². The number of carbonyl (C=O) groups is 1. The van der Waals surface area contributed by atoms with Crippen LogP contribution in [-0.4, -0.2) is 46.0 Å². The lowest BCUT2D eigenvalue weighted by molar-refractivity contribution is 0.0963. The molecule has 1 atom stereocenters. The number of carbonyl (C=O) groups excluding carboxylic acids is 1. The molecule has 1 heterocycles. The molecule has 1 fully saturated rings. The first-order valence-electron chi connectivity index (χ1n) is 7.47. The maximum atomic E-state index is 11.3. The zero-order chi connectivity index (χ0) is 18.3. The number of ether oxygens (including phenoxy) is 1. The topological polar surface area (TPSA) is 93.1 Å². The van der Waals surface area contributed by atoms with E-state index < -0.39 is 22.3 Å². The van der Waals surface area contributed by atoms with Crippen molar-refractivity contribution in [3.05, 3.63) is 60.7 Å². The molecule has 0 aliphatic carbocycles. The number of benzene rings is 2. The van der Waals surface area contributed by atoms with Crippen molar-refractivity contribution in [2.24, 2.45) is 0 Å². The molecule has 7 nitrogen and oxygen atoms in total. The zero-order valence-electron chi connectivity index (χ0n) is 13.6. The van der Waals surface area contributed by atoms with Crippen molar-refractivity contribution in [2.75, 3.05) is 25.2 Å². The van der Waals surface area contributed by atoms with Gasteiger partial charge in [-0.05, 0) is 24.3 Å². The summed E-state index contributed by atoms with van der Waals surface area (Å²) in [6, 6.07) is 17.3. The van der Waals surface area contributed by atoms with Gasteiger partial charge in [-0.15, -0.1) is 0 Å². The predicted molar refractivity (Wildman–Crippen MR) is 91.8 cm³/mol. The van der Waals surface area contributed by atoms with Crippen molar-refractivity contribution in [1.29, 1.82) is 0 Å². The van der Waals surface area contributed by atoms with Crippen LogP contribution in [0.3, 0.4) is 0 Å². The van der Waals surface area contributed by atoms with E-state index in [-0.39, 0.29) is 11.5 Å². The number of aliphatic hydroxyl groups excluding tert-OH is 1. The van der Waals surface area contributed by atoms with Gasteiger partial charge in [-0.3, -0.25) is 9.08 Å². The molecule has 1 N–H and O–H groups in total. The Labute approximate surface area is 146 Å². The molecule has 2 aromatic rings. The van der Waals surface area contributed by atoms with E-state index in [4.69, 9.17) is 9.84 Å². The van der Waals surface area contributed by atoms with Crippen LogP contribution in [0.15, 0.2) is 65.6 Å². The van der Waals surface area contributed by atoms with Gasteiger partial charge in [0.2, 0.25) is 0 Å². The number of anilines is 1. The summed E-state index contributed by atoms with van der Waals surface area (Å²) in [5.41, 5.74) is 0.799. The van der Waals surface area contributed by atoms with E-state index in [2.05, 4.69) is 4.18 Å². The average molecular weight is 365 g/mol. The monoisotopic (exact) mass is 365 g/mol. The van der Waals surface area contributed by atoms with Crippen LogP contribution in [0.4, 0.5) is 10.5 Å². The first-order valence-corrected chi connectivity index (χ1v) is 8.88. The van der Waals surface area contributed by atoms with Crippen LogP contribution in [-0.2, 0) is 19.0 Å². The van der Waals surface area contributed by atoms with Gasteiger partial charge in [-0.2, -0.15) is 8.42 Å². The molecule has 0 radical (unpaired) electrons. The Morgan fingerprint density at radius 1 is 1.12 bits per heavy atom. The largest absolute Gasteiger partial charge is 0.441 e. The lowest BCUT2D eigenvalue weighted by Gasteiger charge is -2.11. The van der Waals surface area contributed by atoms with Gasteiger partial charge in [-0.1, -0.05) is 36.4 Å². The minimum atomic E-state index is -3.50. The van der Waals surface area contributed by atoms with E-state index in [9.17, 15) is 13.2 Å². The highest BCUT2D eigenvalue weighted by atomic mass is 32.2. The van der Waals surface area contributed by atoms with Gasteiger partial charge < -0.3 is 9.84 Å². The Morgan fingerprint density at radius 3 is 2.16 bits per heavy atom. The Hall–Kier alpha value is -2.42. The van der Waals surface area contributed by atoms with Gasteiger partial charge in [0.1, 0.15) is 6.10 Å². The van der Waals surface area contributed by atoms with E-state index in [1.165, 1.54) is 17.0 Å². The van der Waals surface area contributed by atoms with Crippen LogP contribution >= 0.6 is 0 Å². The summed E-state index contributed by atoms with van der Waals surface area (Å²) < 4.78 is 31.2. The molecule has 0 aromatic heterocycles. The number of para-hydroxylation sites is 1. The third-order valence-electron chi connectivity index (χ3n) is 3.40. The van der Waals surface area contributed by atoms with Gasteiger partial charge in [0.15, 0.2) is 0 Å². The third kappa shape index (κ3) is 5.02. The first kappa shape index (κ1) is 18.9. The molecule has 1 aliphatic rings. The first-order chi connectivity index (χ1) is 12.0. The summed E-state index contributed by atoms with van der Waals surface area (Å²) in [5.74, 6) is 0. The summed E-state index contributed by atoms with van der Waals surface area (Å²) >= 11 is 0. The summed E-state index contributed by atoms with van der Waals surface area (Å²) in [7, 11) is -2.36. The van der Waals surface area contributed by atoms with Crippen LogP contribution in [0, 0.1) is 0 Å². The van der Waals surface area contributed by atoms with Crippen molar-refractivity contribution in [2.45, 2.75) is 11.0 Å². The number of cyclic esters (lactones) is 1. The molecule has 0 saturated carbocycles. The summed E-state index contributed by atoms with van der Waals surface area (Å²) in [6.45, 7) is 0.286. The molecule has 2 aromatic carbocycles. The smallest absolute Gasteiger partial charge is 0.414 e. The second-order valence-corrected chi connectivity index (χ2v) is 6.78. The average Bonchev–Trinajstić information content (AvgIpc) is 3.04. The maximum Gasteiger partial charge on any atom is 0.414 e. The zero-order valence-corrected chi connectivity index (χ0v) is 14.4. The van der Waals surface area contributed by atoms with Crippen LogP contribution in [0.5, 0.6) is 0 Å². The van der Waals surface area contributed by atoms with Crippen LogP contribution in [0.25, 0.3) is 0 Å². The molecule has 134 valence electrons. The number of hydrogen-bond donors (Lipinski definition) is 1. The van der Waals surface area contributed by atoms with Gasteiger partial charge in [0, 0.05) is 5.69 Å². The highest BCUT2D eigenvalue weighted by molar-refractivity contribution is 7.86. The molecule has 8 heteroatoms. The van der Waals surface area contributed by atoms with Crippen molar-refractivity contribution in [3.8, 4) is 0 Å². The van der Waals surface area contributed by atoms with E-state index in [1.54, 1.807) is 18.2 Å². The molecule has 25 heavy (non-hydrogen) atoms. The van der Waals surface area contributed by atoms with E-state index in [1.807, 2.05) is 30.3 Å². The Bertz CT molecular complexity index is 779. The number of nitrogens with zero attached hydrogens (tertiary/aromatic N) is 1. The number of aliphatic hydroxyl groups is 1.